The lowest BCUT2D eigenvalue weighted by Gasteiger charge is -2.13. The summed E-state index contributed by atoms with van der Waals surface area (Å²) in [6, 6.07) is 7.61. The molecule has 0 radical (unpaired) electrons. The SMILES string of the molecule is OC(c1ccoc1Br)c1cccc2c1OCC2. The van der Waals surface area contributed by atoms with Gasteiger partial charge in [0.05, 0.1) is 12.9 Å². The molecule has 0 aliphatic carbocycles. The van der Waals surface area contributed by atoms with Gasteiger partial charge in [0.25, 0.3) is 0 Å². The number of aliphatic hydroxyl groups is 1. The molecule has 0 bridgehead atoms. The monoisotopic (exact) mass is 294 g/mol. The van der Waals surface area contributed by atoms with Gasteiger partial charge in [0.1, 0.15) is 11.9 Å². The fraction of sp³-hybridized carbons (Fsp3) is 0.231. The molecule has 1 aromatic carbocycles. The zero-order chi connectivity index (χ0) is 11.8. The summed E-state index contributed by atoms with van der Waals surface area (Å²) < 4.78 is 11.3. The maximum atomic E-state index is 10.4. The number of hydrogen-bond acceptors (Lipinski definition) is 3. The van der Waals surface area contributed by atoms with Gasteiger partial charge in [-0.1, -0.05) is 18.2 Å². The van der Waals surface area contributed by atoms with Crippen LogP contribution >= 0.6 is 15.9 Å². The number of benzene rings is 1. The van der Waals surface area contributed by atoms with E-state index in [1.807, 2.05) is 18.2 Å². The van der Waals surface area contributed by atoms with E-state index in [-0.39, 0.29) is 0 Å². The lowest BCUT2D eigenvalue weighted by atomic mass is 10.0. The maximum Gasteiger partial charge on any atom is 0.175 e. The molecule has 1 atom stereocenters. The summed E-state index contributed by atoms with van der Waals surface area (Å²) in [5.41, 5.74) is 2.66. The fourth-order valence-electron chi connectivity index (χ4n) is 2.12. The first kappa shape index (κ1) is 10.9. The van der Waals surface area contributed by atoms with Crippen LogP contribution in [0.5, 0.6) is 5.75 Å². The molecular weight excluding hydrogens is 284 g/mol. The average molecular weight is 295 g/mol. The number of rotatable bonds is 2. The molecule has 0 fully saturated rings. The van der Waals surface area contributed by atoms with Gasteiger partial charge in [-0.15, -0.1) is 0 Å². The molecule has 0 saturated heterocycles. The maximum absolute atomic E-state index is 10.4. The molecular formula is C13H11BrO3. The quantitative estimate of drug-likeness (QED) is 0.926. The van der Waals surface area contributed by atoms with Crippen LogP contribution in [0.4, 0.5) is 0 Å². The molecule has 1 aromatic heterocycles. The Hall–Kier alpha value is -1.26. The zero-order valence-corrected chi connectivity index (χ0v) is 10.6. The number of halogens is 1. The largest absolute Gasteiger partial charge is 0.493 e. The van der Waals surface area contributed by atoms with E-state index in [0.717, 1.165) is 23.3 Å². The molecule has 0 saturated carbocycles. The van der Waals surface area contributed by atoms with Crippen LogP contribution in [-0.4, -0.2) is 11.7 Å². The Morgan fingerprint density at radius 3 is 2.88 bits per heavy atom. The summed E-state index contributed by atoms with van der Waals surface area (Å²) in [5, 5.41) is 10.4. The lowest BCUT2D eigenvalue weighted by Crippen LogP contribution is -2.01. The molecule has 0 spiro atoms. The van der Waals surface area contributed by atoms with Gasteiger partial charge in [0.2, 0.25) is 0 Å². The Morgan fingerprint density at radius 2 is 2.12 bits per heavy atom. The van der Waals surface area contributed by atoms with Crippen molar-refractivity contribution < 1.29 is 14.3 Å². The van der Waals surface area contributed by atoms with Crippen molar-refractivity contribution in [3.8, 4) is 5.75 Å². The van der Waals surface area contributed by atoms with E-state index in [4.69, 9.17) is 9.15 Å². The standard InChI is InChI=1S/C13H11BrO3/c14-13-10(5-7-17-13)11(15)9-3-1-2-8-4-6-16-12(8)9/h1-3,5,7,11,15H,4,6H2. The normalized spacial score (nSPS) is 15.4. The van der Waals surface area contributed by atoms with Gasteiger partial charge >= 0.3 is 0 Å². The number of ether oxygens (including phenoxy) is 1. The van der Waals surface area contributed by atoms with Crippen LogP contribution in [0.2, 0.25) is 0 Å². The van der Waals surface area contributed by atoms with E-state index in [2.05, 4.69) is 15.9 Å². The highest BCUT2D eigenvalue weighted by Crippen LogP contribution is 2.38. The van der Waals surface area contributed by atoms with Crippen molar-refractivity contribution >= 4 is 15.9 Å². The Morgan fingerprint density at radius 1 is 1.24 bits per heavy atom. The van der Waals surface area contributed by atoms with Crippen molar-refractivity contribution in [2.24, 2.45) is 0 Å². The predicted molar refractivity (Wildman–Crippen MR) is 66.1 cm³/mol. The van der Waals surface area contributed by atoms with Crippen molar-refractivity contribution in [2.45, 2.75) is 12.5 Å². The average Bonchev–Trinajstić information content (AvgIpc) is 2.95. The molecule has 17 heavy (non-hydrogen) atoms. The molecule has 1 aliphatic heterocycles. The summed E-state index contributed by atoms with van der Waals surface area (Å²) in [4.78, 5) is 0. The second-order valence-corrected chi connectivity index (χ2v) is 4.71. The Kier molecular flexibility index (Phi) is 2.68. The number of fused-ring (bicyclic) bond motifs is 1. The molecule has 1 unspecified atom stereocenters. The number of furan rings is 1. The van der Waals surface area contributed by atoms with E-state index < -0.39 is 6.10 Å². The van der Waals surface area contributed by atoms with E-state index in [1.54, 1.807) is 12.3 Å². The zero-order valence-electron chi connectivity index (χ0n) is 9.02. The third-order valence-electron chi connectivity index (χ3n) is 2.98. The highest BCUT2D eigenvalue weighted by molar-refractivity contribution is 9.10. The Balaban J connectivity index is 2.05. The Labute approximate surface area is 107 Å². The molecule has 3 nitrogen and oxygen atoms in total. The molecule has 1 N–H and O–H groups in total. The van der Waals surface area contributed by atoms with Crippen LogP contribution in [0, 0.1) is 0 Å². The van der Waals surface area contributed by atoms with Crippen LogP contribution in [0.25, 0.3) is 0 Å². The number of aliphatic hydroxyl groups excluding tert-OH is 1. The van der Waals surface area contributed by atoms with Crippen molar-refractivity contribution in [3.63, 3.8) is 0 Å². The first-order valence-electron chi connectivity index (χ1n) is 5.43. The number of hydrogen-bond donors (Lipinski definition) is 1. The van der Waals surface area contributed by atoms with Gasteiger partial charge in [0, 0.05) is 17.5 Å². The van der Waals surface area contributed by atoms with Crippen LogP contribution < -0.4 is 4.74 Å². The van der Waals surface area contributed by atoms with E-state index in [0.29, 0.717) is 16.8 Å². The topological polar surface area (TPSA) is 42.6 Å². The van der Waals surface area contributed by atoms with Crippen molar-refractivity contribution in [1.82, 2.24) is 0 Å². The lowest BCUT2D eigenvalue weighted by molar-refractivity contribution is 0.211. The summed E-state index contributed by atoms with van der Waals surface area (Å²) in [5.74, 6) is 0.813. The van der Waals surface area contributed by atoms with E-state index in [9.17, 15) is 5.11 Å². The summed E-state index contributed by atoms with van der Waals surface area (Å²) in [6.45, 7) is 0.686. The third kappa shape index (κ3) is 1.77. The fourth-order valence-corrected chi connectivity index (χ4v) is 2.58. The molecule has 88 valence electrons. The highest BCUT2D eigenvalue weighted by Gasteiger charge is 2.23. The summed E-state index contributed by atoms with van der Waals surface area (Å²) in [6.07, 6.45) is 1.73. The van der Waals surface area contributed by atoms with Crippen LogP contribution in [0.1, 0.15) is 22.8 Å². The van der Waals surface area contributed by atoms with E-state index in [1.165, 1.54) is 0 Å². The van der Waals surface area contributed by atoms with Crippen molar-refractivity contribution in [1.29, 1.82) is 0 Å². The number of para-hydroxylation sites is 1. The van der Waals surface area contributed by atoms with Crippen LogP contribution in [0.3, 0.4) is 0 Å². The molecule has 2 aromatic rings. The molecule has 1 aliphatic rings. The van der Waals surface area contributed by atoms with Gasteiger partial charge in [-0.3, -0.25) is 0 Å². The van der Waals surface area contributed by atoms with Gasteiger partial charge in [-0.2, -0.15) is 0 Å². The van der Waals surface area contributed by atoms with Gasteiger partial charge < -0.3 is 14.3 Å². The second-order valence-electron chi connectivity index (χ2n) is 3.99. The smallest absolute Gasteiger partial charge is 0.175 e. The summed E-state index contributed by atoms with van der Waals surface area (Å²) >= 11 is 3.28. The van der Waals surface area contributed by atoms with Crippen molar-refractivity contribution in [2.75, 3.05) is 6.61 Å². The Bertz CT molecular complexity index is 547. The first-order valence-corrected chi connectivity index (χ1v) is 6.22. The molecule has 2 heterocycles. The predicted octanol–water partition coefficient (Wildman–Crippen LogP) is 3.06. The minimum absolute atomic E-state index is 0.556. The summed E-state index contributed by atoms with van der Waals surface area (Å²) in [7, 11) is 0. The first-order chi connectivity index (χ1) is 8.27. The van der Waals surface area contributed by atoms with Crippen LogP contribution in [-0.2, 0) is 6.42 Å². The minimum Gasteiger partial charge on any atom is -0.493 e. The minimum atomic E-state index is -0.726. The molecule has 4 heteroatoms. The van der Waals surface area contributed by atoms with E-state index >= 15 is 0 Å². The van der Waals surface area contributed by atoms with Gasteiger partial charge in [-0.25, -0.2) is 0 Å². The third-order valence-corrected chi connectivity index (χ3v) is 3.62. The van der Waals surface area contributed by atoms with Gasteiger partial charge in [-0.05, 0) is 27.6 Å². The molecule has 3 rings (SSSR count). The molecule has 0 amide bonds. The second kappa shape index (κ2) is 4.20. The van der Waals surface area contributed by atoms with Crippen LogP contribution in [0.15, 0.2) is 39.6 Å². The van der Waals surface area contributed by atoms with Gasteiger partial charge in [0.15, 0.2) is 4.67 Å². The van der Waals surface area contributed by atoms with Crippen molar-refractivity contribution in [3.05, 3.63) is 51.9 Å². The highest BCUT2D eigenvalue weighted by atomic mass is 79.9.